The maximum absolute atomic E-state index is 11.3. The van der Waals surface area contributed by atoms with Gasteiger partial charge in [0.25, 0.3) is 0 Å². The molecule has 1 saturated heterocycles. The molecule has 3 N–H and O–H groups in total. The molecule has 0 amide bonds. The van der Waals surface area contributed by atoms with Crippen LogP contribution in [0.4, 0.5) is 0 Å². The van der Waals surface area contributed by atoms with Gasteiger partial charge in [0.15, 0.2) is 0 Å². The lowest BCUT2D eigenvalue weighted by atomic mass is 9.86. The third kappa shape index (κ3) is 4.23. The molecule has 0 aromatic rings. The lowest BCUT2D eigenvalue weighted by molar-refractivity contribution is 0.299. The van der Waals surface area contributed by atoms with E-state index >= 15 is 0 Å². The van der Waals surface area contributed by atoms with Crippen LogP contribution in [0, 0.1) is 5.92 Å². The topological polar surface area (TPSA) is 72.2 Å². The van der Waals surface area contributed by atoms with E-state index in [0.29, 0.717) is 23.6 Å². The third-order valence-corrected chi connectivity index (χ3v) is 5.86. The van der Waals surface area contributed by atoms with E-state index in [1.165, 1.54) is 12.8 Å². The second kappa shape index (κ2) is 5.67. The lowest BCUT2D eigenvalue weighted by Crippen LogP contribution is -2.41. The summed E-state index contributed by atoms with van der Waals surface area (Å²) in [7, 11) is -2.72. The van der Waals surface area contributed by atoms with Gasteiger partial charge in [-0.05, 0) is 51.0 Å². The first-order valence-corrected chi connectivity index (χ1v) is 8.57. The van der Waals surface area contributed by atoms with Crippen LogP contribution >= 0.6 is 0 Å². The van der Waals surface area contributed by atoms with Gasteiger partial charge in [-0.3, -0.25) is 0 Å². The minimum atomic E-state index is -2.72. The van der Waals surface area contributed by atoms with Crippen molar-refractivity contribution < 1.29 is 8.42 Å². The Morgan fingerprint density at radius 1 is 1.00 bits per heavy atom. The summed E-state index contributed by atoms with van der Waals surface area (Å²) in [5.74, 6) is 1.47. The van der Waals surface area contributed by atoms with Crippen molar-refractivity contribution >= 4 is 9.84 Å². The van der Waals surface area contributed by atoms with Crippen LogP contribution in [0.2, 0.25) is 0 Å². The number of hydrogen-bond donors (Lipinski definition) is 2. The first-order chi connectivity index (χ1) is 8.05. The summed E-state index contributed by atoms with van der Waals surface area (Å²) in [4.78, 5) is 0. The molecule has 0 unspecified atom stereocenters. The summed E-state index contributed by atoms with van der Waals surface area (Å²) in [6, 6.07) is 0.820. The maximum atomic E-state index is 11.3. The summed E-state index contributed by atoms with van der Waals surface area (Å²) in [5.41, 5.74) is 5.88. The average Bonchev–Trinajstić information content (AvgIpc) is 2.30. The Kier molecular flexibility index (Phi) is 4.44. The summed E-state index contributed by atoms with van der Waals surface area (Å²) in [6.45, 7) is 1.04. The van der Waals surface area contributed by atoms with E-state index in [-0.39, 0.29) is 0 Å². The van der Waals surface area contributed by atoms with Crippen LogP contribution in [0.5, 0.6) is 0 Å². The van der Waals surface area contributed by atoms with Gasteiger partial charge in [-0.15, -0.1) is 0 Å². The number of rotatable bonds is 3. The maximum Gasteiger partial charge on any atom is 0.150 e. The second-order valence-electron chi connectivity index (χ2n) is 5.62. The highest BCUT2D eigenvalue weighted by Crippen LogP contribution is 2.23. The molecule has 2 fully saturated rings. The van der Waals surface area contributed by atoms with E-state index < -0.39 is 9.84 Å². The Balaban J connectivity index is 1.66. The molecule has 0 aromatic carbocycles. The van der Waals surface area contributed by atoms with Crippen LogP contribution in [0.15, 0.2) is 0 Å². The molecule has 1 aliphatic carbocycles. The van der Waals surface area contributed by atoms with Gasteiger partial charge in [-0.1, -0.05) is 0 Å². The Labute approximate surface area is 104 Å². The fourth-order valence-corrected chi connectivity index (χ4v) is 4.31. The standard InChI is InChI=1S/C12H24N2O2S/c13-11-3-1-10(2-4-11)9-14-12-5-7-17(15,16)8-6-12/h10-12,14H,1-9,13H2. The molecule has 0 atom stereocenters. The zero-order chi connectivity index (χ0) is 12.3. The largest absolute Gasteiger partial charge is 0.328 e. The van der Waals surface area contributed by atoms with Crippen molar-refractivity contribution in [1.82, 2.24) is 5.32 Å². The molecule has 4 nitrogen and oxygen atoms in total. The van der Waals surface area contributed by atoms with E-state index in [1.54, 1.807) is 0 Å². The molecule has 5 heteroatoms. The van der Waals surface area contributed by atoms with Crippen molar-refractivity contribution in [2.75, 3.05) is 18.1 Å². The summed E-state index contributed by atoms with van der Waals surface area (Å²) in [6.07, 6.45) is 6.30. The molecule has 1 aliphatic heterocycles. The lowest BCUT2D eigenvalue weighted by Gasteiger charge is -2.29. The van der Waals surface area contributed by atoms with Gasteiger partial charge in [0.2, 0.25) is 0 Å². The Hall–Kier alpha value is -0.130. The molecule has 100 valence electrons. The van der Waals surface area contributed by atoms with E-state index in [2.05, 4.69) is 5.32 Å². The van der Waals surface area contributed by atoms with Crippen molar-refractivity contribution in [2.24, 2.45) is 11.7 Å². The predicted octanol–water partition coefficient (Wildman–Crippen LogP) is 0.671. The van der Waals surface area contributed by atoms with E-state index in [4.69, 9.17) is 5.73 Å². The van der Waals surface area contributed by atoms with Gasteiger partial charge < -0.3 is 11.1 Å². The van der Waals surface area contributed by atoms with Crippen molar-refractivity contribution in [3.63, 3.8) is 0 Å². The summed E-state index contributed by atoms with van der Waals surface area (Å²) >= 11 is 0. The van der Waals surface area contributed by atoms with E-state index in [0.717, 1.165) is 38.1 Å². The number of hydrogen-bond acceptors (Lipinski definition) is 4. The van der Waals surface area contributed by atoms with Crippen molar-refractivity contribution in [1.29, 1.82) is 0 Å². The quantitative estimate of drug-likeness (QED) is 0.782. The van der Waals surface area contributed by atoms with E-state index in [9.17, 15) is 8.42 Å². The fraction of sp³-hybridized carbons (Fsp3) is 1.00. The zero-order valence-corrected chi connectivity index (χ0v) is 11.2. The molecule has 2 rings (SSSR count). The number of sulfone groups is 1. The van der Waals surface area contributed by atoms with Crippen LogP contribution in [-0.2, 0) is 9.84 Å². The van der Waals surface area contributed by atoms with E-state index in [1.807, 2.05) is 0 Å². The van der Waals surface area contributed by atoms with Gasteiger partial charge in [0.1, 0.15) is 9.84 Å². The molecular formula is C12H24N2O2S. The Bertz CT molecular complexity index is 320. The number of nitrogens with one attached hydrogen (secondary N) is 1. The highest BCUT2D eigenvalue weighted by molar-refractivity contribution is 7.91. The molecule has 1 saturated carbocycles. The van der Waals surface area contributed by atoms with Crippen molar-refractivity contribution in [3.05, 3.63) is 0 Å². The Morgan fingerprint density at radius 3 is 2.18 bits per heavy atom. The first kappa shape index (κ1) is 13.3. The van der Waals surface area contributed by atoms with Gasteiger partial charge in [-0.2, -0.15) is 0 Å². The van der Waals surface area contributed by atoms with Crippen molar-refractivity contribution in [2.45, 2.75) is 50.6 Å². The molecule has 0 aromatic heterocycles. The Morgan fingerprint density at radius 2 is 1.59 bits per heavy atom. The normalized spacial score (nSPS) is 34.6. The highest BCUT2D eigenvalue weighted by Gasteiger charge is 2.24. The molecule has 2 aliphatic rings. The van der Waals surface area contributed by atoms with Gasteiger partial charge >= 0.3 is 0 Å². The molecule has 17 heavy (non-hydrogen) atoms. The molecule has 0 spiro atoms. The summed E-state index contributed by atoms with van der Waals surface area (Å²) in [5, 5.41) is 3.54. The molecular weight excluding hydrogens is 236 g/mol. The van der Waals surface area contributed by atoms with Gasteiger partial charge in [-0.25, -0.2) is 8.42 Å². The molecule has 0 radical (unpaired) electrons. The van der Waals surface area contributed by atoms with Crippen LogP contribution in [0.3, 0.4) is 0 Å². The monoisotopic (exact) mass is 260 g/mol. The smallest absolute Gasteiger partial charge is 0.150 e. The minimum absolute atomic E-state index is 0.361. The predicted molar refractivity (Wildman–Crippen MR) is 69.6 cm³/mol. The average molecular weight is 260 g/mol. The molecule has 0 bridgehead atoms. The van der Waals surface area contributed by atoms with Gasteiger partial charge in [0.05, 0.1) is 11.5 Å². The third-order valence-electron chi connectivity index (χ3n) is 4.14. The fourth-order valence-electron chi connectivity index (χ4n) is 2.82. The van der Waals surface area contributed by atoms with Crippen LogP contribution in [-0.4, -0.2) is 38.6 Å². The second-order valence-corrected chi connectivity index (χ2v) is 7.92. The summed E-state index contributed by atoms with van der Waals surface area (Å²) < 4.78 is 22.6. The van der Waals surface area contributed by atoms with Crippen LogP contribution in [0.25, 0.3) is 0 Å². The number of nitrogens with two attached hydrogens (primary N) is 1. The highest BCUT2D eigenvalue weighted by atomic mass is 32.2. The minimum Gasteiger partial charge on any atom is -0.328 e. The van der Waals surface area contributed by atoms with Crippen LogP contribution < -0.4 is 11.1 Å². The van der Waals surface area contributed by atoms with Crippen molar-refractivity contribution in [3.8, 4) is 0 Å². The zero-order valence-electron chi connectivity index (χ0n) is 10.4. The first-order valence-electron chi connectivity index (χ1n) is 6.74. The van der Waals surface area contributed by atoms with Gasteiger partial charge in [0, 0.05) is 12.1 Å². The molecule has 1 heterocycles. The van der Waals surface area contributed by atoms with Crippen LogP contribution in [0.1, 0.15) is 38.5 Å². The SMILES string of the molecule is NC1CCC(CNC2CCS(=O)(=O)CC2)CC1.